The fourth-order valence-electron chi connectivity index (χ4n) is 3.98. The lowest BCUT2D eigenvalue weighted by Crippen LogP contribution is -2.52. The molecule has 120 valence electrons. The first-order valence-corrected chi connectivity index (χ1v) is 8.22. The van der Waals surface area contributed by atoms with E-state index in [0.29, 0.717) is 32.4 Å². The minimum atomic E-state index is -0.292. The summed E-state index contributed by atoms with van der Waals surface area (Å²) in [5.74, 6) is 0.0862. The highest BCUT2D eigenvalue weighted by Crippen LogP contribution is 2.41. The summed E-state index contributed by atoms with van der Waals surface area (Å²) >= 11 is 0. The Morgan fingerprint density at radius 3 is 3.00 bits per heavy atom. The van der Waals surface area contributed by atoms with Crippen LogP contribution in [0.5, 0.6) is 0 Å². The van der Waals surface area contributed by atoms with Crippen molar-refractivity contribution < 1.29 is 14.3 Å². The number of hydrogen-bond donors (Lipinski definition) is 1. The van der Waals surface area contributed by atoms with Gasteiger partial charge in [0.05, 0.1) is 12.6 Å². The first-order chi connectivity index (χ1) is 11.2. The number of H-pyrrole nitrogens is 1. The number of carbonyl (C=O) groups excluding carboxylic acids is 2. The fraction of sp³-hybridized carbons (Fsp3) is 0.444. The SMILES string of the molecule is CCOC(=O)C1Cc2c([nH]c3ccccc23)[C@@H]2CC(=O)CCN12. The van der Waals surface area contributed by atoms with Gasteiger partial charge in [-0.15, -0.1) is 0 Å². The number of piperidine rings is 1. The summed E-state index contributed by atoms with van der Waals surface area (Å²) in [6.07, 6.45) is 1.63. The molecule has 2 aliphatic rings. The summed E-state index contributed by atoms with van der Waals surface area (Å²) in [7, 11) is 0. The van der Waals surface area contributed by atoms with Gasteiger partial charge in [-0.1, -0.05) is 18.2 Å². The topological polar surface area (TPSA) is 62.4 Å². The molecule has 2 aliphatic heterocycles. The number of nitrogens with one attached hydrogen (secondary N) is 1. The Labute approximate surface area is 134 Å². The molecular weight excluding hydrogens is 292 g/mol. The predicted octanol–water partition coefficient (Wildman–Crippen LogP) is 2.36. The van der Waals surface area contributed by atoms with Crippen molar-refractivity contribution >= 4 is 22.7 Å². The number of para-hydroxylation sites is 1. The van der Waals surface area contributed by atoms with E-state index in [2.05, 4.69) is 16.0 Å². The van der Waals surface area contributed by atoms with Crippen LogP contribution in [0.2, 0.25) is 0 Å². The number of ether oxygens (including phenoxy) is 1. The standard InChI is InChI=1S/C18H20N2O3/c1-2-23-18(22)16-10-13-12-5-3-4-6-14(12)19-17(13)15-9-11(21)7-8-20(15)16/h3-6,15-16,19H,2,7-10H2,1H3/t15-,16?/m0/s1. The van der Waals surface area contributed by atoms with Gasteiger partial charge in [-0.25, -0.2) is 0 Å². The molecule has 3 heterocycles. The normalized spacial score (nSPS) is 24.3. The highest BCUT2D eigenvalue weighted by molar-refractivity contribution is 5.88. The third-order valence-corrected chi connectivity index (χ3v) is 5.01. The van der Waals surface area contributed by atoms with Crippen LogP contribution in [0.4, 0.5) is 0 Å². The van der Waals surface area contributed by atoms with Crippen molar-refractivity contribution in [2.75, 3.05) is 13.2 Å². The molecule has 1 saturated heterocycles. The molecule has 1 N–H and O–H groups in total. The lowest BCUT2D eigenvalue weighted by Gasteiger charge is -2.42. The smallest absolute Gasteiger partial charge is 0.323 e. The monoisotopic (exact) mass is 312 g/mol. The molecule has 0 spiro atoms. The van der Waals surface area contributed by atoms with Gasteiger partial charge >= 0.3 is 5.97 Å². The number of esters is 1. The number of benzene rings is 1. The third-order valence-electron chi connectivity index (χ3n) is 5.01. The van der Waals surface area contributed by atoms with Gasteiger partial charge in [0.15, 0.2) is 0 Å². The second-order valence-corrected chi connectivity index (χ2v) is 6.28. The molecule has 23 heavy (non-hydrogen) atoms. The minimum Gasteiger partial charge on any atom is -0.465 e. The molecule has 5 nitrogen and oxygen atoms in total. The molecule has 5 heteroatoms. The first-order valence-electron chi connectivity index (χ1n) is 8.22. The number of nitrogens with zero attached hydrogens (tertiary/aromatic N) is 1. The molecular formula is C18H20N2O3. The lowest BCUT2D eigenvalue weighted by molar-refractivity contribution is -0.153. The van der Waals surface area contributed by atoms with Crippen LogP contribution >= 0.6 is 0 Å². The van der Waals surface area contributed by atoms with Crippen LogP contribution in [0.3, 0.4) is 0 Å². The van der Waals surface area contributed by atoms with Gasteiger partial charge < -0.3 is 9.72 Å². The van der Waals surface area contributed by atoms with E-state index in [1.165, 1.54) is 0 Å². The Morgan fingerprint density at radius 2 is 2.17 bits per heavy atom. The lowest BCUT2D eigenvalue weighted by atomic mass is 9.86. The molecule has 0 radical (unpaired) electrons. The van der Waals surface area contributed by atoms with Gasteiger partial charge in [-0.3, -0.25) is 14.5 Å². The van der Waals surface area contributed by atoms with Crippen molar-refractivity contribution in [2.45, 2.75) is 38.3 Å². The van der Waals surface area contributed by atoms with Gasteiger partial charge in [0.1, 0.15) is 11.8 Å². The van der Waals surface area contributed by atoms with Crippen LogP contribution in [-0.2, 0) is 20.7 Å². The average Bonchev–Trinajstić information content (AvgIpc) is 2.93. The number of rotatable bonds is 2. The quantitative estimate of drug-likeness (QED) is 0.865. The van der Waals surface area contributed by atoms with Crippen molar-refractivity contribution in [1.29, 1.82) is 0 Å². The van der Waals surface area contributed by atoms with Gasteiger partial charge in [0.2, 0.25) is 0 Å². The summed E-state index contributed by atoms with van der Waals surface area (Å²) in [6.45, 7) is 2.84. The number of aromatic amines is 1. The molecule has 0 saturated carbocycles. The average molecular weight is 312 g/mol. The van der Waals surface area contributed by atoms with Crippen LogP contribution in [0.25, 0.3) is 10.9 Å². The maximum Gasteiger partial charge on any atom is 0.323 e. The highest BCUT2D eigenvalue weighted by Gasteiger charge is 2.43. The zero-order chi connectivity index (χ0) is 16.0. The molecule has 0 aliphatic carbocycles. The van der Waals surface area contributed by atoms with E-state index in [9.17, 15) is 9.59 Å². The van der Waals surface area contributed by atoms with Crippen molar-refractivity contribution in [1.82, 2.24) is 9.88 Å². The number of Topliss-reactive ketones (excluding diaryl/α,β-unsaturated/α-hetero) is 1. The van der Waals surface area contributed by atoms with Crippen LogP contribution in [0.1, 0.15) is 37.1 Å². The Bertz CT molecular complexity index is 780. The molecule has 1 unspecified atom stereocenters. The summed E-state index contributed by atoms with van der Waals surface area (Å²) in [5, 5.41) is 1.15. The molecule has 1 aromatic heterocycles. The largest absolute Gasteiger partial charge is 0.465 e. The van der Waals surface area contributed by atoms with Crippen molar-refractivity contribution in [3.63, 3.8) is 0 Å². The zero-order valence-electron chi connectivity index (χ0n) is 13.2. The Hall–Kier alpha value is -2.14. The first kappa shape index (κ1) is 14.5. The van der Waals surface area contributed by atoms with E-state index < -0.39 is 0 Å². The van der Waals surface area contributed by atoms with Crippen LogP contribution in [-0.4, -0.2) is 40.8 Å². The van der Waals surface area contributed by atoms with E-state index in [1.54, 1.807) is 0 Å². The summed E-state index contributed by atoms with van der Waals surface area (Å²) in [6, 6.07) is 7.79. The Kier molecular flexibility index (Phi) is 3.45. The Morgan fingerprint density at radius 1 is 1.35 bits per heavy atom. The molecule has 4 rings (SSSR count). The second-order valence-electron chi connectivity index (χ2n) is 6.28. The van der Waals surface area contributed by atoms with Gasteiger partial charge in [0.25, 0.3) is 0 Å². The third kappa shape index (κ3) is 2.27. The van der Waals surface area contributed by atoms with E-state index in [-0.39, 0.29) is 23.8 Å². The fourth-order valence-corrected chi connectivity index (χ4v) is 3.98. The van der Waals surface area contributed by atoms with Crippen molar-refractivity contribution in [3.05, 3.63) is 35.5 Å². The number of hydrogen-bond acceptors (Lipinski definition) is 4. The van der Waals surface area contributed by atoms with Crippen LogP contribution in [0, 0.1) is 0 Å². The summed E-state index contributed by atoms with van der Waals surface area (Å²) in [5.41, 5.74) is 3.33. The predicted molar refractivity (Wildman–Crippen MR) is 86.1 cm³/mol. The maximum atomic E-state index is 12.4. The van der Waals surface area contributed by atoms with Gasteiger partial charge in [-0.05, 0) is 18.6 Å². The molecule has 2 aromatic rings. The molecule has 1 fully saturated rings. The maximum absolute atomic E-state index is 12.4. The Balaban J connectivity index is 1.82. The molecule has 2 atom stereocenters. The van der Waals surface area contributed by atoms with Crippen molar-refractivity contribution in [2.24, 2.45) is 0 Å². The van der Waals surface area contributed by atoms with Crippen LogP contribution in [0.15, 0.2) is 24.3 Å². The molecule has 0 amide bonds. The molecule has 1 aromatic carbocycles. The second kappa shape index (κ2) is 5.49. The molecule has 0 bridgehead atoms. The van der Waals surface area contributed by atoms with E-state index in [4.69, 9.17) is 4.74 Å². The van der Waals surface area contributed by atoms with E-state index in [0.717, 1.165) is 22.2 Å². The van der Waals surface area contributed by atoms with Gasteiger partial charge in [-0.2, -0.15) is 0 Å². The number of fused-ring (bicyclic) bond motifs is 5. The number of ketones is 1. The summed E-state index contributed by atoms with van der Waals surface area (Å²) < 4.78 is 5.29. The minimum absolute atomic E-state index is 0.0400. The zero-order valence-corrected chi connectivity index (χ0v) is 13.2. The number of carbonyl (C=O) groups is 2. The van der Waals surface area contributed by atoms with E-state index >= 15 is 0 Å². The highest BCUT2D eigenvalue weighted by atomic mass is 16.5. The van der Waals surface area contributed by atoms with Gasteiger partial charge in [0, 0.05) is 42.4 Å². The van der Waals surface area contributed by atoms with E-state index in [1.807, 2.05) is 25.1 Å². The number of aromatic nitrogens is 1. The van der Waals surface area contributed by atoms with Crippen molar-refractivity contribution in [3.8, 4) is 0 Å². The van der Waals surface area contributed by atoms with Crippen LogP contribution < -0.4 is 0 Å². The summed E-state index contributed by atoms with van der Waals surface area (Å²) in [4.78, 5) is 30.1.